The van der Waals surface area contributed by atoms with Crippen molar-refractivity contribution in [1.29, 1.82) is 0 Å². The summed E-state index contributed by atoms with van der Waals surface area (Å²) in [6, 6.07) is 6.26. The average Bonchev–Trinajstić information content (AvgIpc) is 2.29. The van der Waals surface area contributed by atoms with Crippen LogP contribution in [0, 0.1) is 0 Å². The molecule has 1 heterocycles. The standard InChI is InChI=1S/C13H18N2O2/c1-8(2)15(4)10-5-6-12-11(7-10)14-13(16)9(3)17-12/h5-9H,1-4H3,(H,14,16). The molecule has 0 saturated heterocycles. The minimum absolute atomic E-state index is 0.0955. The lowest BCUT2D eigenvalue weighted by molar-refractivity contribution is -0.122. The van der Waals surface area contributed by atoms with E-state index in [4.69, 9.17) is 4.74 Å². The first-order valence-corrected chi connectivity index (χ1v) is 5.83. The molecule has 1 aliphatic rings. The van der Waals surface area contributed by atoms with Crippen LogP contribution < -0.4 is 15.0 Å². The summed E-state index contributed by atoms with van der Waals surface area (Å²) in [5, 5.41) is 2.85. The number of carbonyl (C=O) groups is 1. The third kappa shape index (κ3) is 2.20. The van der Waals surface area contributed by atoms with E-state index in [0.717, 1.165) is 17.1 Å². The topological polar surface area (TPSA) is 41.6 Å². The first kappa shape index (κ1) is 11.8. The van der Waals surface area contributed by atoms with Crippen LogP contribution in [0.2, 0.25) is 0 Å². The van der Waals surface area contributed by atoms with Crippen molar-refractivity contribution in [3.8, 4) is 5.75 Å². The molecule has 0 aliphatic carbocycles. The van der Waals surface area contributed by atoms with Gasteiger partial charge in [0.25, 0.3) is 5.91 Å². The molecule has 1 aromatic carbocycles. The third-order valence-corrected chi connectivity index (χ3v) is 3.08. The zero-order valence-corrected chi connectivity index (χ0v) is 10.7. The van der Waals surface area contributed by atoms with Gasteiger partial charge in [-0.15, -0.1) is 0 Å². The average molecular weight is 234 g/mol. The Morgan fingerprint density at radius 1 is 1.41 bits per heavy atom. The Balaban J connectivity index is 2.32. The number of benzene rings is 1. The summed E-state index contributed by atoms with van der Waals surface area (Å²) in [4.78, 5) is 13.7. The Morgan fingerprint density at radius 2 is 2.12 bits per heavy atom. The highest BCUT2D eigenvalue weighted by molar-refractivity contribution is 5.98. The van der Waals surface area contributed by atoms with Crippen molar-refractivity contribution in [2.45, 2.75) is 32.9 Å². The molecule has 1 aromatic rings. The maximum absolute atomic E-state index is 11.5. The Morgan fingerprint density at radius 3 is 2.76 bits per heavy atom. The van der Waals surface area contributed by atoms with Crippen LogP contribution in [0.4, 0.5) is 11.4 Å². The van der Waals surface area contributed by atoms with E-state index in [0.29, 0.717) is 6.04 Å². The van der Waals surface area contributed by atoms with E-state index in [2.05, 4.69) is 24.1 Å². The summed E-state index contributed by atoms with van der Waals surface area (Å²) >= 11 is 0. The molecule has 0 saturated carbocycles. The van der Waals surface area contributed by atoms with E-state index in [-0.39, 0.29) is 5.91 Å². The predicted octanol–water partition coefficient (Wildman–Crippen LogP) is 2.25. The molecule has 4 heteroatoms. The van der Waals surface area contributed by atoms with E-state index in [1.807, 2.05) is 25.2 Å². The molecule has 1 atom stereocenters. The summed E-state index contributed by atoms with van der Waals surface area (Å²) in [6.07, 6.45) is -0.420. The van der Waals surface area contributed by atoms with Crippen molar-refractivity contribution in [2.75, 3.05) is 17.3 Å². The lowest BCUT2D eigenvalue weighted by atomic mass is 10.2. The Labute approximate surface area is 102 Å². The monoisotopic (exact) mass is 234 g/mol. The van der Waals surface area contributed by atoms with E-state index in [1.54, 1.807) is 6.92 Å². The smallest absolute Gasteiger partial charge is 0.265 e. The lowest BCUT2D eigenvalue weighted by Gasteiger charge is -2.27. The van der Waals surface area contributed by atoms with Gasteiger partial charge in [0.15, 0.2) is 6.10 Å². The van der Waals surface area contributed by atoms with Crippen molar-refractivity contribution in [3.63, 3.8) is 0 Å². The van der Waals surface area contributed by atoms with E-state index >= 15 is 0 Å². The molecular formula is C13H18N2O2. The number of fused-ring (bicyclic) bond motifs is 1. The minimum atomic E-state index is -0.420. The van der Waals surface area contributed by atoms with Gasteiger partial charge in [-0.25, -0.2) is 0 Å². The van der Waals surface area contributed by atoms with Crippen LogP contribution in [0.3, 0.4) is 0 Å². The fraction of sp³-hybridized carbons (Fsp3) is 0.462. The fourth-order valence-corrected chi connectivity index (χ4v) is 1.71. The van der Waals surface area contributed by atoms with Gasteiger partial charge >= 0.3 is 0 Å². The molecule has 4 nitrogen and oxygen atoms in total. The molecule has 0 fully saturated rings. The van der Waals surface area contributed by atoms with Gasteiger partial charge in [0.2, 0.25) is 0 Å². The van der Waals surface area contributed by atoms with Gasteiger partial charge in [0.05, 0.1) is 5.69 Å². The highest BCUT2D eigenvalue weighted by atomic mass is 16.5. The fourth-order valence-electron chi connectivity index (χ4n) is 1.71. The molecule has 0 bridgehead atoms. The van der Waals surface area contributed by atoms with Crippen molar-refractivity contribution in [2.24, 2.45) is 0 Å². The number of nitrogens with zero attached hydrogens (tertiary/aromatic N) is 1. The van der Waals surface area contributed by atoms with E-state index in [1.165, 1.54) is 0 Å². The van der Waals surface area contributed by atoms with Gasteiger partial charge in [-0.05, 0) is 39.0 Å². The van der Waals surface area contributed by atoms with Gasteiger partial charge in [-0.1, -0.05) is 0 Å². The van der Waals surface area contributed by atoms with Gasteiger partial charge in [0, 0.05) is 18.8 Å². The van der Waals surface area contributed by atoms with Crippen molar-refractivity contribution >= 4 is 17.3 Å². The number of ether oxygens (including phenoxy) is 1. The molecule has 17 heavy (non-hydrogen) atoms. The number of amides is 1. The van der Waals surface area contributed by atoms with Crippen LogP contribution >= 0.6 is 0 Å². The first-order chi connectivity index (χ1) is 7.99. The summed E-state index contributed by atoms with van der Waals surface area (Å²) in [6.45, 7) is 5.99. The number of hydrogen-bond acceptors (Lipinski definition) is 3. The summed E-state index contributed by atoms with van der Waals surface area (Å²) in [7, 11) is 2.03. The zero-order chi connectivity index (χ0) is 12.6. The van der Waals surface area contributed by atoms with Crippen molar-refractivity contribution < 1.29 is 9.53 Å². The second-order valence-electron chi connectivity index (χ2n) is 4.63. The summed E-state index contributed by atoms with van der Waals surface area (Å²) in [5.41, 5.74) is 1.82. The summed E-state index contributed by atoms with van der Waals surface area (Å²) in [5.74, 6) is 0.639. The molecule has 2 rings (SSSR count). The van der Waals surface area contributed by atoms with Gasteiger partial charge in [-0.3, -0.25) is 4.79 Å². The minimum Gasteiger partial charge on any atom is -0.479 e. The zero-order valence-electron chi connectivity index (χ0n) is 10.7. The maximum Gasteiger partial charge on any atom is 0.265 e. The Kier molecular flexibility index (Phi) is 2.96. The maximum atomic E-state index is 11.5. The molecule has 1 N–H and O–H groups in total. The lowest BCUT2D eigenvalue weighted by Crippen LogP contribution is -2.34. The molecular weight excluding hydrogens is 216 g/mol. The van der Waals surface area contributed by atoms with Crippen LogP contribution in [0.1, 0.15) is 20.8 Å². The molecule has 1 unspecified atom stereocenters. The SMILES string of the molecule is CC1Oc2ccc(N(C)C(C)C)cc2NC1=O. The van der Waals surface area contributed by atoms with Crippen LogP contribution in [-0.2, 0) is 4.79 Å². The van der Waals surface area contributed by atoms with Crippen LogP contribution in [-0.4, -0.2) is 25.1 Å². The van der Waals surface area contributed by atoms with Crippen molar-refractivity contribution in [1.82, 2.24) is 0 Å². The first-order valence-electron chi connectivity index (χ1n) is 5.83. The Hall–Kier alpha value is -1.71. The molecule has 1 aliphatic heterocycles. The Bertz CT molecular complexity index is 443. The van der Waals surface area contributed by atoms with Gasteiger partial charge in [-0.2, -0.15) is 0 Å². The van der Waals surface area contributed by atoms with Crippen LogP contribution in [0.15, 0.2) is 18.2 Å². The molecule has 1 amide bonds. The third-order valence-electron chi connectivity index (χ3n) is 3.08. The molecule has 0 radical (unpaired) electrons. The van der Waals surface area contributed by atoms with E-state index < -0.39 is 6.10 Å². The molecule has 0 spiro atoms. The highest BCUT2D eigenvalue weighted by Gasteiger charge is 2.23. The van der Waals surface area contributed by atoms with E-state index in [9.17, 15) is 4.79 Å². The second kappa shape index (κ2) is 4.28. The second-order valence-corrected chi connectivity index (χ2v) is 4.63. The number of hydrogen-bond donors (Lipinski definition) is 1. The van der Waals surface area contributed by atoms with Crippen LogP contribution in [0.25, 0.3) is 0 Å². The van der Waals surface area contributed by atoms with Gasteiger partial charge in [0.1, 0.15) is 5.75 Å². The highest BCUT2D eigenvalue weighted by Crippen LogP contribution is 2.33. The number of rotatable bonds is 2. The summed E-state index contributed by atoms with van der Waals surface area (Å²) < 4.78 is 5.51. The number of nitrogens with one attached hydrogen (secondary N) is 1. The van der Waals surface area contributed by atoms with Crippen LogP contribution in [0.5, 0.6) is 5.75 Å². The quantitative estimate of drug-likeness (QED) is 0.853. The van der Waals surface area contributed by atoms with Crippen molar-refractivity contribution in [3.05, 3.63) is 18.2 Å². The normalized spacial score (nSPS) is 18.4. The number of anilines is 2. The number of carbonyl (C=O) groups excluding carboxylic acids is 1. The van der Waals surface area contributed by atoms with Gasteiger partial charge < -0.3 is 15.0 Å². The largest absolute Gasteiger partial charge is 0.479 e. The molecule has 92 valence electrons. The molecule has 0 aromatic heterocycles. The predicted molar refractivity (Wildman–Crippen MR) is 68.7 cm³/mol.